The molecule has 0 aliphatic rings. The van der Waals surface area contributed by atoms with E-state index in [1.807, 2.05) is 0 Å². The lowest BCUT2D eigenvalue weighted by Gasteiger charge is -2.18. The molecule has 0 saturated heterocycles. The maximum absolute atomic E-state index is 11.5. The molecule has 1 N–H and O–H groups in total. The van der Waals surface area contributed by atoms with Gasteiger partial charge in [-0.1, -0.05) is 51.5 Å². The van der Waals surface area contributed by atoms with Gasteiger partial charge in [0.2, 0.25) is 5.91 Å². The lowest BCUT2D eigenvalue weighted by Crippen LogP contribution is -2.23. The van der Waals surface area contributed by atoms with Crippen LogP contribution >= 0.6 is 0 Å². The molecule has 0 spiro atoms. The van der Waals surface area contributed by atoms with Crippen LogP contribution < -0.4 is 5.32 Å². The Bertz CT molecular complexity index is 382. The van der Waals surface area contributed by atoms with E-state index < -0.39 is 0 Å². The van der Waals surface area contributed by atoms with Crippen LogP contribution in [0.4, 0.5) is 0 Å². The summed E-state index contributed by atoms with van der Waals surface area (Å²) in [6.45, 7) is 10.2. The Labute approximate surface area is 123 Å². The van der Waals surface area contributed by atoms with Crippen LogP contribution in [0.3, 0.4) is 0 Å². The summed E-state index contributed by atoms with van der Waals surface area (Å²) >= 11 is 0. The topological polar surface area (TPSA) is 32.3 Å². The fourth-order valence-corrected chi connectivity index (χ4v) is 2.09. The molecule has 0 saturated carbocycles. The van der Waals surface area contributed by atoms with Crippen molar-refractivity contribution >= 4 is 5.91 Å². The predicted molar refractivity (Wildman–Crippen MR) is 84.4 cm³/mol. The Hall–Kier alpha value is -1.35. The first kappa shape index (κ1) is 16.7. The van der Waals surface area contributed by atoms with Crippen molar-refractivity contribution in [3.63, 3.8) is 0 Å². The summed E-state index contributed by atoms with van der Waals surface area (Å²) in [5, 5.41) is 2.97. The molecular formula is C17H28N2O. The van der Waals surface area contributed by atoms with Gasteiger partial charge in [0, 0.05) is 19.5 Å². The minimum atomic E-state index is 0.152. The molecule has 0 atom stereocenters. The van der Waals surface area contributed by atoms with Crippen molar-refractivity contribution in [2.75, 3.05) is 13.1 Å². The average Bonchev–Trinajstić information content (AvgIpc) is 2.49. The van der Waals surface area contributed by atoms with Crippen molar-refractivity contribution in [3.8, 4) is 0 Å². The first-order valence-corrected chi connectivity index (χ1v) is 7.76. The SMILES string of the molecule is CCCCC(=O)NCc1ccc(CN(CC)CC)cc1. The lowest BCUT2D eigenvalue weighted by atomic mass is 10.1. The molecular weight excluding hydrogens is 248 g/mol. The van der Waals surface area contributed by atoms with Gasteiger partial charge < -0.3 is 5.32 Å². The average molecular weight is 276 g/mol. The second-order valence-electron chi connectivity index (χ2n) is 5.16. The molecule has 1 rings (SSSR count). The summed E-state index contributed by atoms with van der Waals surface area (Å²) < 4.78 is 0. The zero-order valence-electron chi connectivity index (χ0n) is 13.1. The fourth-order valence-electron chi connectivity index (χ4n) is 2.09. The first-order valence-electron chi connectivity index (χ1n) is 7.76. The summed E-state index contributed by atoms with van der Waals surface area (Å²) in [5.41, 5.74) is 2.49. The maximum atomic E-state index is 11.5. The normalized spacial score (nSPS) is 10.8. The second-order valence-corrected chi connectivity index (χ2v) is 5.16. The van der Waals surface area contributed by atoms with Gasteiger partial charge in [-0.05, 0) is 30.6 Å². The molecule has 0 aromatic heterocycles. The van der Waals surface area contributed by atoms with E-state index in [9.17, 15) is 4.79 Å². The number of nitrogens with one attached hydrogen (secondary N) is 1. The highest BCUT2D eigenvalue weighted by Gasteiger charge is 2.03. The number of nitrogens with zero attached hydrogens (tertiary/aromatic N) is 1. The number of hydrogen-bond acceptors (Lipinski definition) is 2. The maximum Gasteiger partial charge on any atom is 0.220 e. The molecule has 0 unspecified atom stereocenters. The van der Waals surface area contributed by atoms with Crippen molar-refractivity contribution in [2.45, 2.75) is 53.1 Å². The van der Waals surface area contributed by atoms with Gasteiger partial charge in [0.1, 0.15) is 0 Å². The summed E-state index contributed by atoms with van der Waals surface area (Å²) in [6, 6.07) is 8.54. The van der Waals surface area contributed by atoms with Gasteiger partial charge in [0.15, 0.2) is 0 Å². The van der Waals surface area contributed by atoms with Gasteiger partial charge in [-0.15, -0.1) is 0 Å². The van der Waals surface area contributed by atoms with E-state index >= 15 is 0 Å². The highest BCUT2D eigenvalue weighted by Crippen LogP contribution is 2.07. The van der Waals surface area contributed by atoms with Gasteiger partial charge >= 0.3 is 0 Å². The second kappa shape index (κ2) is 9.54. The van der Waals surface area contributed by atoms with Gasteiger partial charge in [-0.25, -0.2) is 0 Å². The molecule has 3 nitrogen and oxygen atoms in total. The molecule has 0 aliphatic heterocycles. The van der Waals surface area contributed by atoms with Crippen LogP contribution in [0.25, 0.3) is 0 Å². The Balaban J connectivity index is 2.40. The molecule has 1 aromatic rings. The predicted octanol–water partition coefficient (Wildman–Crippen LogP) is 3.33. The number of carbonyl (C=O) groups is 1. The van der Waals surface area contributed by atoms with Gasteiger partial charge in [-0.3, -0.25) is 9.69 Å². The third-order valence-corrected chi connectivity index (χ3v) is 3.57. The Morgan fingerprint density at radius 2 is 1.65 bits per heavy atom. The number of hydrogen-bond donors (Lipinski definition) is 1. The smallest absolute Gasteiger partial charge is 0.220 e. The number of rotatable bonds is 9. The largest absolute Gasteiger partial charge is 0.352 e. The van der Waals surface area contributed by atoms with Crippen molar-refractivity contribution in [1.82, 2.24) is 10.2 Å². The molecule has 0 radical (unpaired) electrons. The molecule has 1 amide bonds. The van der Waals surface area contributed by atoms with Crippen molar-refractivity contribution in [3.05, 3.63) is 35.4 Å². The van der Waals surface area contributed by atoms with Crippen LogP contribution in [0.5, 0.6) is 0 Å². The van der Waals surface area contributed by atoms with Gasteiger partial charge in [0.25, 0.3) is 0 Å². The summed E-state index contributed by atoms with van der Waals surface area (Å²) in [5.74, 6) is 0.152. The van der Waals surface area contributed by atoms with E-state index in [2.05, 4.69) is 55.3 Å². The minimum absolute atomic E-state index is 0.152. The minimum Gasteiger partial charge on any atom is -0.352 e. The van der Waals surface area contributed by atoms with Crippen molar-refractivity contribution < 1.29 is 4.79 Å². The Morgan fingerprint density at radius 1 is 1.05 bits per heavy atom. The van der Waals surface area contributed by atoms with Crippen LogP contribution in [-0.2, 0) is 17.9 Å². The molecule has 112 valence electrons. The van der Waals surface area contributed by atoms with Crippen LogP contribution in [0.15, 0.2) is 24.3 Å². The fraction of sp³-hybridized carbons (Fsp3) is 0.588. The van der Waals surface area contributed by atoms with Crippen LogP contribution in [0.1, 0.15) is 51.2 Å². The highest BCUT2D eigenvalue weighted by atomic mass is 16.1. The van der Waals surface area contributed by atoms with E-state index in [1.165, 1.54) is 5.56 Å². The number of carbonyl (C=O) groups excluding carboxylic acids is 1. The van der Waals surface area contributed by atoms with E-state index in [0.717, 1.165) is 38.0 Å². The van der Waals surface area contributed by atoms with E-state index in [0.29, 0.717) is 13.0 Å². The molecule has 0 aliphatic carbocycles. The van der Waals surface area contributed by atoms with Crippen LogP contribution in [0, 0.1) is 0 Å². The highest BCUT2D eigenvalue weighted by molar-refractivity contribution is 5.75. The Kier molecular flexibility index (Phi) is 7.97. The lowest BCUT2D eigenvalue weighted by molar-refractivity contribution is -0.121. The standard InChI is InChI=1S/C17H28N2O/c1-4-7-8-17(20)18-13-15-9-11-16(12-10-15)14-19(5-2)6-3/h9-12H,4-8,13-14H2,1-3H3,(H,18,20). The third-order valence-electron chi connectivity index (χ3n) is 3.57. The third kappa shape index (κ3) is 6.20. The zero-order valence-corrected chi connectivity index (χ0v) is 13.1. The monoisotopic (exact) mass is 276 g/mol. The van der Waals surface area contributed by atoms with E-state index in [4.69, 9.17) is 0 Å². The summed E-state index contributed by atoms with van der Waals surface area (Å²) in [4.78, 5) is 13.9. The Morgan fingerprint density at radius 3 is 2.20 bits per heavy atom. The van der Waals surface area contributed by atoms with Crippen LogP contribution in [-0.4, -0.2) is 23.9 Å². The summed E-state index contributed by atoms with van der Waals surface area (Å²) in [6.07, 6.45) is 2.67. The summed E-state index contributed by atoms with van der Waals surface area (Å²) in [7, 11) is 0. The van der Waals surface area contributed by atoms with Gasteiger partial charge in [0.05, 0.1) is 0 Å². The molecule has 1 aromatic carbocycles. The van der Waals surface area contributed by atoms with Crippen molar-refractivity contribution in [2.24, 2.45) is 0 Å². The van der Waals surface area contributed by atoms with Gasteiger partial charge in [-0.2, -0.15) is 0 Å². The van der Waals surface area contributed by atoms with Crippen molar-refractivity contribution in [1.29, 1.82) is 0 Å². The quantitative estimate of drug-likeness (QED) is 0.750. The van der Waals surface area contributed by atoms with E-state index in [1.54, 1.807) is 0 Å². The number of benzene rings is 1. The molecule has 0 heterocycles. The molecule has 0 fully saturated rings. The van der Waals surface area contributed by atoms with Crippen LogP contribution in [0.2, 0.25) is 0 Å². The number of amides is 1. The van der Waals surface area contributed by atoms with E-state index in [-0.39, 0.29) is 5.91 Å². The number of unbranched alkanes of at least 4 members (excludes halogenated alkanes) is 1. The molecule has 3 heteroatoms. The first-order chi connectivity index (χ1) is 9.69. The molecule has 20 heavy (non-hydrogen) atoms. The molecule has 0 bridgehead atoms. The zero-order chi connectivity index (χ0) is 14.8.